The van der Waals surface area contributed by atoms with E-state index >= 15 is 0 Å². The van der Waals surface area contributed by atoms with Crippen molar-refractivity contribution in [2.45, 2.75) is 31.3 Å². The van der Waals surface area contributed by atoms with Gasteiger partial charge in [0, 0.05) is 19.1 Å². The Balaban J connectivity index is 1.87. The molecule has 0 spiro atoms. The van der Waals surface area contributed by atoms with Gasteiger partial charge in [-0.3, -0.25) is 4.79 Å². The van der Waals surface area contributed by atoms with Crippen molar-refractivity contribution < 1.29 is 13.2 Å². The molecular formula is C11H21N3O3S. The quantitative estimate of drug-likeness (QED) is 0.651. The molecule has 2 aliphatic rings. The van der Waals surface area contributed by atoms with Gasteiger partial charge >= 0.3 is 0 Å². The van der Waals surface area contributed by atoms with Gasteiger partial charge in [0.15, 0.2) is 9.84 Å². The molecule has 1 aliphatic heterocycles. The second-order valence-corrected chi connectivity index (χ2v) is 7.51. The Morgan fingerprint density at radius 3 is 2.67 bits per heavy atom. The molecule has 3 N–H and O–H groups in total. The summed E-state index contributed by atoms with van der Waals surface area (Å²) in [6.45, 7) is 1.73. The van der Waals surface area contributed by atoms with E-state index in [1.807, 2.05) is 4.90 Å². The maximum atomic E-state index is 11.5. The largest absolute Gasteiger partial charge is 0.368 e. The van der Waals surface area contributed by atoms with Crippen molar-refractivity contribution in [3.05, 3.63) is 0 Å². The van der Waals surface area contributed by atoms with Crippen LogP contribution in [0.4, 0.5) is 0 Å². The van der Waals surface area contributed by atoms with Crippen molar-refractivity contribution in [2.24, 2.45) is 5.73 Å². The predicted molar refractivity (Wildman–Crippen MR) is 68.9 cm³/mol. The topological polar surface area (TPSA) is 92.5 Å². The lowest BCUT2D eigenvalue weighted by atomic mass is 10.2. The molecule has 0 aromatic carbocycles. The molecule has 2 rings (SSSR count). The standard InChI is InChI=1S/C11H21N3O3S/c12-11(15)10(13-9-2-3-9)8-14-4-1-6-18(16,17)7-5-14/h9-10,13H,1-8H2,(H2,12,15). The van der Waals surface area contributed by atoms with E-state index in [1.165, 1.54) is 0 Å². The first-order valence-electron chi connectivity index (χ1n) is 6.44. The third-order valence-electron chi connectivity index (χ3n) is 3.45. The number of primary amides is 1. The molecule has 2 fully saturated rings. The first-order chi connectivity index (χ1) is 8.46. The Morgan fingerprint density at radius 1 is 1.33 bits per heavy atom. The minimum absolute atomic E-state index is 0.182. The highest BCUT2D eigenvalue weighted by Crippen LogP contribution is 2.19. The summed E-state index contributed by atoms with van der Waals surface area (Å²) in [5.41, 5.74) is 5.38. The van der Waals surface area contributed by atoms with E-state index < -0.39 is 9.84 Å². The van der Waals surface area contributed by atoms with E-state index in [-0.39, 0.29) is 23.5 Å². The van der Waals surface area contributed by atoms with Gasteiger partial charge in [0.25, 0.3) is 0 Å². The molecule has 104 valence electrons. The molecule has 1 unspecified atom stereocenters. The van der Waals surface area contributed by atoms with Crippen LogP contribution < -0.4 is 11.1 Å². The summed E-state index contributed by atoms with van der Waals surface area (Å²) < 4.78 is 23.0. The normalized spacial score (nSPS) is 26.4. The van der Waals surface area contributed by atoms with Crippen LogP contribution in [-0.2, 0) is 14.6 Å². The molecule has 7 heteroatoms. The Labute approximate surface area is 108 Å². The van der Waals surface area contributed by atoms with Gasteiger partial charge in [-0.1, -0.05) is 0 Å². The highest BCUT2D eigenvalue weighted by molar-refractivity contribution is 7.91. The van der Waals surface area contributed by atoms with Gasteiger partial charge in [-0.15, -0.1) is 0 Å². The molecule has 1 aliphatic carbocycles. The molecule has 18 heavy (non-hydrogen) atoms. The van der Waals surface area contributed by atoms with Crippen LogP contribution in [0.25, 0.3) is 0 Å². The SMILES string of the molecule is NC(=O)C(CN1CCCS(=O)(=O)CC1)NC1CC1. The number of sulfone groups is 1. The van der Waals surface area contributed by atoms with Crippen molar-refractivity contribution in [1.82, 2.24) is 10.2 Å². The molecule has 0 radical (unpaired) electrons. The summed E-state index contributed by atoms with van der Waals surface area (Å²) in [4.78, 5) is 13.4. The Hall–Kier alpha value is -0.660. The van der Waals surface area contributed by atoms with Crippen molar-refractivity contribution in [3.63, 3.8) is 0 Å². The van der Waals surface area contributed by atoms with E-state index in [0.29, 0.717) is 25.6 Å². The highest BCUT2D eigenvalue weighted by atomic mass is 32.2. The fraction of sp³-hybridized carbons (Fsp3) is 0.909. The van der Waals surface area contributed by atoms with Crippen LogP contribution in [0.1, 0.15) is 19.3 Å². The van der Waals surface area contributed by atoms with Crippen LogP contribution in [0.3, 0.4) is 0 Å². The van der Waals surface area contributed by atoms with Crippen LogP contribution in [0, 0.1) is 0 Å². The number of hydrogen-bond donors (Lipinski definition) is 2. The van der Waals surface area contributed by atoms with Crippen molar-refractivity contribution in [2.75, 3.05) is 31.1 Å². The van der Waals surface area contributed by atoms with Gasteiger partial charge in [0.2, 0.25) is 5.91 Å². The first kappa shape index (κ1) is 13.8. The molecule has 1 saturated carbocycles. The predicted octanol–water partition coefficient (Wildman–Crippen LogP) is -1.29. The van der Waals surface area contributed by atoms with E-state index in [9.17, 15) is 13.2 Å². The lowest BCUT2D eigenvalue weighted by Gasteiger charge is -2.24. The van der Waals surface area contributed by atoms with Crippen molar-refractivity contribution in [3.8, 4) is 0 Å². The summed E-state index contributed by atoms with van der Waals surface area (Å²) in [5.74, 6) is 0.0805. The molecule has 6 nitrogen and oxygen atoms in total. The summed E-state index contributed by atoms with van der Waals surface area (Å²) in [6.07, 6.45) is 2.83. The average Bonchev–Trinajstić information content (AvgIpc) is 3.07. The first-order valence-corrected chi connectivity index (χ1v) is 8.26. The Bertz CT molecular complexity index is 406. The summed E-state index contributed by atoms with van der Waals surface area (Å²) >= 11 is 0. The van der Waals surface area contributed by atoms with Gasteiger partial charge in [-0.25, -0.2) is 8.42 Å². The van der Waals surface area contributed by atoms with Crippen LogP contribution in [-0.4, -0.2) is 62.4 Å². The maximum absolute atomic E-state index is 11.5. The Morgan fingerprint density at radius 2 is 2.06 bits per heavy atom. The van der Waals surface area contributed by atoms with E-state index in [0.717, 1.165) is 19.4 Å². The lowest BCUT2D eigenvalue weighted by molar-refractivity contribution is -0.120. The number of carbonyl (C=O) groups excluding carboxylic acids is 1. The van der Waals surface area contributed by atoms with Gasteiger partial charge in [0.1, 0.15) is 0 Å². The molecule has 0 bridgehead atoms. The number of carbonyl (C=O) groups is 1. The van der Waals surface area contributed by atoms with Crippen LogP contribution >= 0.6 is 0 Å². The smallest absolute Gasteiger partial charge is 0.235 e. The van der Waals surface area contributed by atoms with Gasteiger partial charge in [0.05, 0.1) is 17.5 Å². The zero-order valence-corrected chi connectivity index (χ0v) is 11.3. The van der Waals surface area contributed by atoms with Crippen LogP contribution in [0.5, 0.6) is 0 Å². The zero-order valence-electron chi connectivity index (χ0n) is 10.5. The van der Waals surface area contributed by atoms with Crippen molar-refractivity contribution >= 4 is 15.7 Å². The minimum atomic E-state index is -2.90. The fourth-order valence-electron chi connectivity index (χ4n) is 2.19. The lowest BCUT2D eigenvalue weighted by Crippen LogP contribution is -2.50. The van der Waals surface area contributed by atoms with E-state index in [4.69, 9.17) is 5.73 Å². The Kier molecular flexibility index (Phi) is 4.24. The second kappa shape index (κ2) is 5.54. The number of nitrogens with one attached hydrogen (secondary N) is 1. The molecule has 1 heterocycles. The van der Waals surface area contributed by atoms with Gasteiger partial charge in [-0.2, -0.15) is 0 Å². The minimum Gasteiger partial charge on any atom is -0.368 e. The number of rotatable bonds is 5. The summed E-state index contributed by atoms with van der Waals surface area (Å²) in [6, 6.07) is 0.0523. The maximum Gasteiger partial charge on any atom is 0.235 e. The fourth-order valence-corrected chi connectivity index (χ4v) is 3.50. The van der Waals surface area contributed by atoms with Gasteiger partial charge < -0.3 is 16.0 Å². The highest BCUT2D eigenvalue weighted by Gasteiger charge is 2.29. The second-order valence-electron chi connectivity index (χ2n) is 5.20. The number of nitrogens with two attached hydrogens (primary N) is 1. The summed E-state index contributed by atoms with van der Waals surface area (Å²) in [5, 5.41) is 3.21. The van der Waals surface area contributed by atoms with Crippen LogP contribution in [0.2, 0.25) is 0 Å². The molecule has 1 saturated heterocycles. The molecule has 0 aromatic rings. The molecule has 0 aromatic heterocycles. The summed E-state index contributed by atoms with van der Waals surface area (Å²) in [7, 11) is -2.90. The third kappa shape index (κ3) is 4.22. The zero-order chi connectivity index (χ0) is 13.2. The number of nitrogens with zero attached hydrogens (tertiary/aromatic N) is 1. The monoisotopic (exact) mass is 275 g/mol. The van der Waals surface area contributed by atoms with E-state index in [2.05, 4.69) is 5.32 Å². The van der Waals surface area contributed by atoms with Crippen LogP contribution in [0.15, 0.2) is 0 Å². The molecule has 1 amide bonds. The van der Waals surface area contributed by atoms with Crippen molar-refractivity contribution in [1.29, 1.82) is 0 Å². The van der Waals surface area contributed by atoms with Gasteiger partial charge in [-0.05, 0) is 25.8 Å². The van der Waals surface area contributed by atoms with E-state index in [1.54, 1.807) is 0 Å². The number of amides is 1. The molecular weight excluding hydrogens is 254 g/mol. The molecule has 1 atom stereocenters. The average molecular weight is 275 g/mol. The number of hydrogen-bond acceptors (Lipinski definition) is 5. The third-order valence-corrected chi connectivity index (χ3v) is 5.16.